The summed E-state index contributed by atoms with van der Waals surface area (Å²) in [5.41, 5.74) is 1.77. The van der Waals surface area contributed by atoms with Gasteiger partial charge in [-0.05, 0) is 19.1 Å². The van der Waals surface area contributed by atoms with Crippen LogP contribution in [0.5, 0.6) is 5.75 Å². The van der Waals surface area contributed by atoms with Crippen LogP contribution in [0.2, 0.25) is 0 Å². The second kappa shape index (κ2) is 4.26. The number of aromatic nitrogens is 2. The van der Waals surface area contributed by atoms with Gasteiger partial charge in [0.2, 0.25) is 0 Å². The molecule has 1 aromatic carbocycles. The van der Waals surface area contributed by atoms with Gasteiger partial charge in [0, 0.05) is 18.3 Å². The number of nitrogens with zero attached hydrogens (tertiary/aromatic N) is 1. The van der Waals surface area contributed by atoms with Crippen molar-refractivity contribution >= 4 is 0 Å². The maximum absolute atomic E-state index is 11.5. The number of methoxy groups -OCH3 is 1. The fraction of sp³-hybridized carbons (Fsp3) is 0.250. The third-order valence-corrected chi connectivity index (χ3v) is 2.55. The van der Waals surface area contributed by atoms with Crippen LogP contribution in [0.4, 0.5) is 0 Å². The van der Waals surface area contributed by atoms with Crippen molar-refractivity contribution in [3.8, 4) is 17.0 Å². The zero-order valence-corrected chi connectivity index (χ0v) is 9.36. The van der Waals surface area contributed by atoms with Gasteiger partial charge in [0.15, 0.2) is 0 Å². The van der Waals surface area contributed by atoms with Crippen molar-refractivity contribution in [1.29, 1.82) is 0 Å². The summed E-state index contributed by atoms with van der Waals surface area (Å²) < 4.78 is 6.85. The maximum atomic E-state index is 11.5. The highest BCUT2D eigenvalue weighted by molar-refractivity contribution is 5.61. The molecule has 0 aliphatic heterocycles. The van der Waals surface area contributed by atoms with E-state index in [4.69, 9.17) is 4.74 Å². The van der Waals surface area contributed by atoms with E-state index in [1.165, 1.54) is 0 Å². The van der Waals surface area contributed by atoms with Crippen molar-refractivity contribution < 1.29 is 4.74 Å². The lowest BCUT2D eigenvalue weighted by Gasteiger charge is -2.06. The molecule has 0 amide bonds. The lowest BCUT2D eigenvalue weighted by atomic mass is 10.1. The molecule has 2 rings (SSSR count). The van der Waals surface area contributed by atoms with Gasteiger partial charge in [-0.2, -0.15) is 0 Å². The predicted molar refractivity (Wildman–Crippen MR) is 62.7 cm³/mol. The first-order valence-corrected chi connectivity index (χ1v) is 5.19. The highest BCUT2D eigenvalue weighted by Gasteiger charge is 2.07. The van der Waals surface area contributed by atoms with Gasteiger partial charge < -0.3 is 9.72 Å². The van der Waals surface area contributed by atoms with Gasteiger partial charge in [-0.1, -0.05) is 12.1 Å². The Morgan fingerprint density at radius 3 is 2.94 bits per heavy atom. The molecule has 0 aliphatic rings. The second-order valence-corrected chi connectivity index (χ2v) is 3.46. The molecule has 0 bridgehead atoms. The van der Waals surface area contributed by atoms with Crippen LogP contribution in [0, 0.1) is 0 Å². The molecular weight excluding hydrogens is 204 g/mol. The summed E-state index contributed by atoms with van der Waals surface area (Å²) in [5, 5.41) is 0. The lowest BCUT2D eigenvalue weighted by molar-refractivity contribution is 0.415. The number of hydrogen-bond acceptors (Lipinski definition) is 2. The number of ether oxygens (including phenoxy) is 1. The molecule has 0 radical (unpaired) electrons. The van der Waals surface area contributed by atoms with Gasteiger partial charge in [0.1, 0.15) is 5.75 Å². The van der Waals surface area contributed by atoms with E-state index < -0.39 is 0 Å². The van der Waals surface area contributed by atoms with E-state index in [-0.39, 0.29) is 5.69 Å². The van der Waals surface area contributed by atoms with Crippen molar-refractivity contribution in [2.75, 3.05) is 7.11 Å². The Labute approximate surface area is 93.5 Å². The minimum atomic E-state index is -0.0830. The zero-order valence-electron chi connectivity index (χ0n) is 9.36. The smallest absolute Gasteiger partial charge is 0.325 e. The topological polar surface area (TPSA) is 47.0 Å². The molecule has 1 aromatic heterocycles. The van der Waals surface area contributed by atoms with Crippen LogP contribution in [0.15, 0.2) is 35.3 Å². The maximum Gasteiger partial charge on any atom is 0.325 e. The molecule has 2 aromatic rings. The molecule has 0 spiro atoms. The predicted octanol–water partition coefficient (Wildman–Crippen LogP) is 1.87. The Hall–Kier alpha value is -1.97. The van der Waals surface area contributed by atoms with Gasteiger partial charge >= 0.3 is 5.69 Å². The van der Waals surface area contributed by atoms with Crippen LogP contribution < -0.4 is 10.4 Å². The number of H-pyrrole nitrogens is 1. The van der Waals surface area contributed by atoms with Crippen molar-refractivity contribution in [3.05, 3.63) is 40.9 Å². The van der Waals surface area contributed by atoms with E-state index in [1.807, 2.05) is 31.2 Å². The van der Waals surface area contributed by atoms with Crippen LogP contribution in [0.25, 0.3) is 11.3 Å². The molecule has 0 fully saturated rings. The molecule has 4 nitrogen and oxygen atoms in total. The van der Waals surface area contributed by atoms with Crippen LogP contribution in [-0.4, -0.2) is 16.7 Å². The normalized spacial score (nSPS) is 10.4. The van der Waals surface area contributed by atoms with E-state index in [0.29, 0.717) is 6.54 Å². The quantitative estimate of drug-likeness (QED) is 0.854. The zero-order chi connectivity index (χ0) is 11.5. The van der Waals surface area contributed by atoms with Gasteiger partial charge in [-0.25, -0.2) is 4.79 Å². The van der Waals surface area contributed by atoms with Crippen LogP contribution >= 0.6 is 0 Å². The average Bonchev–Trinajstić information content (AvgIpc) is 2.70. The molecule has 1 N–H and O–H groups in total. The third-order valence-electron chi connectivity index (χ3n) is 2.55. The first-order chi connectivity index (χ1) is 7.76. The molecule has 0 atom stereocenters. The number of nitrogens with one attached hydrogen (secondary N) is 1. The van der Waals surface area contributed by atoms with Crippen molar-refractivity contribution in [2.24, 2.45) is 0 Å². The van der Waals surface area contributed by atoms with Crippen LogP contribution in [-0.2, 0) is 6.54 Å². The Morgan fingerprint density at radius 2 is 2.25 bits per heavy atom. The van der Waals surface area contributed by atoms with Gasteiger partial charge in [-0.3, -0.25) is 4.57 Å². The summed E-state index contributed by atoms with van der Waals surface area (Å²) in [6.45, 7) is 2.59. The minimum Gasteiger partial charge on any atom is -0.497 e. The SMILES string of the molecule is CCn1c(-c2cccc(OC)c2)c[nH]c1=O. The molecule has 0 saturated heterocycles. The van der Waals surface area contributed by atoms with Crippen molar-refractivity contribution in [1.82, 2.24) is 9.55 Å². The first-order valence-electron chi connectivity index (χ1n) is 5.19. The molecule has 1 heterocycles. The van der Waals surface area contributed by atoms with Crippen molar-refractivity contribution in [2.45, 2.75) is 13.5 Å². The van der Waals surface area contributed by atoms with E-state index in [9.17, 15) is 4.79 Å². The number of benzene rings is 1. The average molecular weight is 218 g/mol. The van der Waals surface area contributed by atoms with E-state index in [0.717, 1.165) is 17.0 Å². The minimum absolute atomic E-state index is 0.0830. The number of rotatable bonds is 3. The summed E-state index contributed by atoms with van der Waals surface area (Å²) in [7, 11) is 1.63. The fourth-order valence-electron chi connectivity index (χ4n) is 1.73. The van der Waals surface area contributed by atoms with Crippen LogP contribution in [0.3, 0.4) is 0 Å². The monoisotopic (exact) mass is 218 g/mol. The molecule has 84 valence electrons. The number of aromatic amines is 1. The van der Waals surface area contributed by atoms with E-state index in [1.54, 1.807) is 17.9 Å². The highest BCUT2D eigenvalue weighted by Crippen LogP contribution is 2.22. The largest absolute Gasteiger partial charge is 0.497 e. The molecular formula is C12H14N2O2. The van der Waals surface area contributed by atoms with E-state index in [2.05, 4.69) is 4.98 Å². The van der Waals surface area contributed by atoms with Crippen LogP contribution in [0.1, 0.15) is 6.92 Å². The molecule has 16 heavy (non-hydrogen) atoms. The Morgan fingerprint density at radius 1 is 1.44 bits per heavy atom. The number of hydrogen-bond donors (Lipinski definition) is 1. The second-order valence-electron chi connectivity index (χ2n) is 3.46. The highest BCUT2D eigenvalue weighted by atomic mass is 16.5. The summed E-state index contributed by atoms with van der Waals surface area (Å²) in [6, 6.07) is 7.66. The molecule has 0 aliphatic carbocycles. The Bertz CT molecular complexity index is 540. The van der Waals surface area contributed by atoms with E-state index >= 15 is 0 Å². The lowest BCUT2D eigenvalue weighted by Crippen LogP contribution is -2.16. The molecule has 4 heteroatoms. The summed E-state index contributed by atoms with van der Waals surface area (Å²) in [4.78, 5) is 14.2. The Kier molecular flexibility index (Phi) is 2.81. The fourth-order valence-corrected chi connectivity index (χ4v) is 1.73. The molecule has 0 saturated carbocycles. The van der Waals surface area contributed by atoms with Gasteiger partial charge in [0.05, 0.1) is 12.8 Å². The summed E-state index contributed by atoms with van der Waals surface area (Å²) >= 11 is 0. The summed E-state index contributed by atoms with van der Waals surface area (Å²) in [5.74, 6) is 0.786. The first kappa shape index (κ1) is 10.5. The third kappa shape index (κ3) is 1.74. The summed E-state index contributed by atoms with van der Waals surface area (Å²) in [6.07, 6.45) is 1.72. The van der Waals surface area contributed by atoms with Gasteiger partial charge in [0.25, 0.3) is 0 Å². The Balaban J connectivity index is 2.53. The van der Waals surface area contributed by atoms with Crippen molar-refractivity contribution in [3.63, 3.8) is 0 Å². The molecule has 0 unspecified atom stereocenters. The number of imidazole rings is 1. The van der Waals surface area contributed by atoms with Gasteiger partial charge in [-0.15, -0.1) is 0 Å². The standard InChI is InChI=1S/C12H14N2O2/c1-3-14-11(8-13-12(14)15)9-5-4-6-10(7-9)16-2/h4-8H,3H2,1-2H3,(H,13,15).